The van der Waals surface area contributed by atoms with E-state index in [-0.39, 0.29) is 0 Å². The van der Waals surface area contributed by atoms with Gasteiger partial charge in [-0.15, -0.1) is 0 Å². The van der Waals surface area contributed by atoms with Crippen LogP contribution in [0.25, 0.3) is 0 Å². The van der Waals surface area contributed by atoms with Crippen molar-refractivity contribution in [2.24, 2.45) is 0 Å². The highest BCUT2D eigenvalue weighted by molar-refractivity contribution is 9.10. The summed E-state index contributed by atoms with van der Waals surface area (Å²) in [6, 6.07) is 14.5. The molecule has 20 heavy (non-hydrogen) atoms. The Labute approximate surface area is 130 Å². The van der Waals surface area contributed by atoms with E-state index in [1.165, 1.54) is 0 Å². The molecule has 0 heterocycles. The molecule has 0 amide bonds. The van der Waals surface area contributed by atoms with Crippen molar-refractivity contribution < 1.29 is 9.47 Å². The summed E-state index contributed by atoms with van der Waals surface area (Å²) in [5.74, 6) is 1.33. The van der Waals surface area contributed by atoms with Crippen LogP contribution < -0.4 is 9.47 Å². The quantitative estimate of drug-likeness (QED) is 0.747. The van der Waals surface area contributed by atoms with Crippen LogP contribution in [0.3, 0.4) is 0 Å². The third kappa shape index (κ3) is 4.16. The lowest BCUT2D eigenvalue weighted by molar-refractivity contribution is 0.217. The van der Waals surface area contributed by atoms with Gasteiger partial charge >= 0.3 is 0 Å². The van der Waals surface area contributed by atoms with Crippen LogP contribution in [0.2, 0.25) is 5.02 Å². The van der Waals surface area contributed by atoms with Gasteiger partial charge in [0.25, 0.3) is 0 Å². The average Bonchev–Trinajstić information content (AvgIpc) is 2.46. The Hall–Kier alpha value is -1.70. The Morgan fingerprint density at radius 3 is 2.40 bits per heavy atom. The minimum atomic E-state index is 0.377. The summed E-state index contributed by atoms with van der Waals surface area (Å²) < 4.78 is 12.0. The summed E-state index contributed by atoms with van der Waals surface area (Å²) in [5, 5.41) is 9.16. The molecule has 0 aliphatic carbocycles. The van der Waals surface area contributed by atoms with E-state index < -0.39 is 0 Å². The van der Waals surface area contributed by atoms with E-state index in [4.69, 9.17) is 26.3 Å². The van der Waals surface area contributed by atoms with Crippen LogP contribution in [0.4, 0.5) is 0 Å². The zero-order valence-electron chi connectivity index (χ0n) is 10.5. The van der Waals surface area contributed by atoms with Gasteiger partial charge in [-0.1, -0.05) is 27.5 Å². The summed E-state index contributed by atoms with van der Waals surface area (Å²) >= 11 is 9.36. The van der Waals surface area contributed by atoms with Gasteiger partial charge in [-0.2, -0.15) is 5.26 Å². The lowest BCUT2D eigenvalue weighted by Gasteiger charge is -2.09. The Morgan fingerprint density at radius 2 is 1.75 bits per heavy atom. The number of nitrogens with zero attached hydrogens (tertiary/aromatic N) is 1. The fraction of sp³-hybridized carbons (Fsp3) is 0.133. The first-order chi connectivity index (χ1) is 9.69. The summed E-state index contributed by atoms with van der Waals surface area (Å²) in [6.07, 6.45) is 0. The third-order valence-electron chi connectivity index (χ3n) is 2.48. The van der Waals surface area contributed by atoms with E-state index in [0.29, 0.717) is 29.5 Å². The molecule has 0 atom stereocenters. The van der Waals surface area contributed by atoms with Gasteiger partial charge in [-0.3, -0.25) is 0 Å². The van der Waals surface area contributed by atoms with E-state index in [1.54, 1.807) is 18.2 Å². The summed E-state index contributed by atoms with van der Waals surface area (Å²) in [7, 11) is 0. The number of hydrogen-bond donors (Lipinski definition) is 0. The van der Waals surface area contributed by atoms with Crippen LogP contribution in [0.1, 0.15) is 5.56 Å². The van der Waals surface area contributed by atoms with E-state index in [0.717, 1.165) is 10.2 Å². The van der Waals surface area contributed by atoms with Crippen molar-refractivity contribution in [1.82, 2.24) is 0 Å². The number of ether oxygens (including phenoxy) is 2. The molecule has 3 nitrogen and oxygen atoms in total. The molecule has 2 aromatic carbocycles. The zero-order valence-corrected chi connectivity index (χ0v) is 12.8. The van der Waals surface area contributed by atoms with Crippen molar-refractivity contribution in [2.75, 3.05) is 13.2 Å². The monoisotopic (exact) mass is 351 g/mol. The summed E-state index contributed by atoms with van der Waals surface area (Å²) in [4.78, 5) is 0. The molecule has 0 radical (unpaired) electrons. The van der Waals surface area contributed by atoms with Crippen molar-refractivity contribution in [3.8, 4) is 17.6 Å². The van der Waals surface area contributed by atoms with Crippen LogP contribution in [-0.4, -0.2) is 13.2 Å². The van der Waals surface area contributed by atoms with Crippen molar-refractivity contribution in [1.29, 1.82) is 5.26 Å². The predicted molar refractivity (Wildman–Crippen MR) is 81.3 cm³/mol. The highest BCUT2D eigenvalue weighted by Crippen LogP contribution is 2.25. The highest BCUT2D eigenvalue weighted by Gasteiger charge is 2.03. The van der Waals surface area contributed by atoms with Gasteiger partial charge in [0.1, 0.15) is 24.7 Å². The molecule has 0 saturated carbocycles. The molecule has 0 unspecified atom stereocenters. The molecule has 0 aromatic heterocycles. The smallest absolute Gasteiger partial charge is 0.138 e. The van der Waals surface area contributed by atoms with Crippen LogP contribution in [0.5, 0.6) is 11.5 Å². The Kier molecular flexibility index (Phi) is 5.28. The van der Waals surface area contributed by atoms with Gasteiger partial charge < -0.3 is 9.47 Å². The van der Waals surface area contributed by atoms with Crippen LogP contribution >= 0.6 is 27.5 Å². The van der Waals surface area contributed by atoms with E-state index >= 15 is 0 Å². The number of rotatable bonds is 5. The van der Waals surface area contributed by atoms with Crippen LogP contribution in [-0.2, 0) is 0 Å². The van der Waals surface area contributed by atoms with E-state index in [2.05, 4.69) is 15.9 Å². The summed E-state index contributed by atoms with van der Waals surface area (Å²) in [6.45, 7) is 0.791. The predicted octanol–water partition coefficient (Wildman–Crippen LogP) is 4.43. The first-order valence-electron chi connectivity index (χ1n) is 5.90. The average molecular weight is 353 g/mol. The minimum absolute atomic E-state index is 0.377. The normalized spacial score (nSPS) is 9.85. The van der Waals surface area contributed by atoms with Crippen LogP contribution in [0.15, 0.2) is 46.9 Å². The molecule has 0 N–H and O–H groups in total. The fourth-order valence-corrected chi connectivity index (χ4v) is 2.03. The molecule has 0 saturated heterocycles. The molecule has 0 aliphatic heterocycles. The second kappa shape index (κ2) is 7.18. The first kappa shape index (κ1) is 14.7. The number of benzene rings is 2. The lowest BCUT2D eigenvalue weighted by Crippen LogP contribution is -2.09. The highest BCUT2D eigenvalue weighted by atomic mass is 79.9. The second-order valence-electron chi connectivity index (χ2n) is 3.91. The SMILES string of the molecule is N#Cc1ccc(OCCOc2ccc(Br)cc2)c(Cl)c1. The van der Waals surface area contributed by atoms with Gasteiger partial charge in [-0.25, -0.2) is 0 Å². The molecule has 0 aliphatic rings. The first-order valence-corrected chi connectivity index (χ1v) is 7.07. The van der Waals surface area contributed by atoms with Crippen molar-refractivity contribution >= 4 is 27.5 Å². The van der Waals surface area contributed by atoms with E-state index in [9.17, 15) is 0 Å². The van der Waals surface area contributed by atoms with Crippen molar-refractivity contribution in [3.63, 3.8) is 0 Å². The van der Waals surface area contributed by atoms with Crippen LogP contribution in [0, 0.1) is 11.3 Å². The maximum Gasteiger partial charge on any atom is 0.138 e. The van der Waals surface area contributed by atoms with Crippen molar-refractivity contribution in [2.45, 2.75) is 0 Å². The van der Waals surface area contributed by atoms with Crippen molar-refractivity contribution in [3.05, 3.63) is 57.5 Å². The Bertz CT molecular complexity index is 623. The fourth-order valence-electron chi connectivity index (χ4n) is 1.53. The Morgan fingerprint density at radius 1 is 1.05 bits per heavy atom. The standard InChI is InChI=1S/C15H11BrClNO2/c16-12-2-4-13(5-3-12)19-7-8-20-15-6-1-11(10-18)9-14(15)17/h1-6,9H,7-8H2. The zero-order chi connectivity index (χ0) is 14.4. The minimum Gasteiger partial charge on any atom is -0.490 e. The number of halogens is 2. The maximum atomic E-state index is 8.74. The summed E-state index contributed by atoms with van der Waals surface area (Å²) in [5.41, 5.74) is 0.508. The Balaban J connectivity index is 1.81. The largest absolute Gasteiger partial charge is 0.490 e. The molecular formula is C15H11BrClNO2. The number of hydrogen-bond acceptors (Lipinski definition) is 3. The van der Waals surface area contributed by atoms with Gasteiger partial charge in [0.05, 0.1) is 16.7 Å². The molecular weight excluding hydrogens is 342 g/mol. The van der Waals surface area contributed by atoms with E-state index in [1.807, 2.05) is 30.3 Å². The molecule has 5 heteroatoms. The molecule has 102 valence electrons. The van der Waals surface area contributed by atoms with Gasteiger partial charge in [-0.05, 0) is 42.5 Å². The third-order valence-corrected chi connectivity index (χ3v) is 3.31. The van der Waals surface area contributed by atoms with Gasteiger partial charge in [0.15, 0.2) is 0 Å². The lowest BCUT2D eigenvalue weighted by atomic mass is 10.2. The van der Waals surface area contributed by atoms with Gasteiger partial charge in [0, 0.05) is 4.47 Å². The number of nitriles is 1. The molecule has 0 bridgehead atoms. The molecule has 2 aromatic rings. The topological polar surface area (TPSA) is 42.2 Å². The maximum absolute atomic E-state index is 8.74. The molecule has 0 spiro atoms. The molecule has 0 fully saturated rings. The second-order valence-corrected chi connectivity index (χ2v) is 5.23. The molecule has 2 rings (SSSR count). The van der Waals surface area contributed by atoms with Gasteiger partial charge in [0.2, 0.25) is 0 Å².